The molecule has 0 saturated heterocycles. The van der Waals surface area contributed by atoms with E-state index in [9.17, 15) is 21.6 Å². The molecule has 0 N–H and O–H groups in total. The molecule has 16 heavy (non-hydrogen) atoms. The molecule has 0 rings (SSSR count). The second kappa shape index (κ2) is 6.09. The number of sulfone groups is 1. The molecule has 1 unspecified atom stereocenters. The lowest BCUT2D eigenvalue weighted by molar-refractivity contribution is -0.153. The fraction of sp³-hybridized carbons (Fsp3) is 0.889. The molecule has 0 heterocycles. The van der Waals surface area contributed by atoms with E-state index < -0.39 is 27.7 Å². The molecule has 1 atom stereocenters. The number of halogens is 3. The number of unbranched alkanes of at least 4 members (excludes halogenated alkanes) is 2. The third-order valence-corrected chi connectivity index (χ3v) is 3.78. The third kappa shape index (κ3) is 5.95. The van der Waals surface area contributed by atoms with Crippen LogP contribution in [0.25, 0.3) is 0 Å². The van der Waals surface area contributed by atoms with Gasteiger partial charge in [0.1, 0.15) is 0 Å². The summed E-state index contributed by atoms with van der Waals surface area (Å²) >= 11 is 0. The molecular weight excluding hydrogens is 243 g/mol. The van der Waals surface area contributed by atoms with Crippen LogP contribution in [0.1, 0.15) is 26.2 Å². The highest BCUT2D eigenvalue weighted by Crippen LogP contribution is 2.27. The molecule has 0 saturated carbocycles. The molecule has 7 heteroatoms. The molecule has 3 nitrogen and oxygen atoms in total. The van der Waals surface area contributed by atoms with Gasteiger partial charge in [-0.1, -0.05) is 19.8 Å². The average molecular weight is 257 g/mol. The van der Waals surface area contributed by atoms with Crippen LogP contribution >= 0.6 is 0 Å². The Balaban J connectivity index is 4.41. The van der Waals surface area contributed by atoms with E-state index in [2.05, 4.69) is 0 Å². The second-order valence-electron chi connectivity index (χ2n) is 3.54. The summed E-state index contributed by atoms with van der Waals surface area (Å²) in [6.45, 7) is 1.86. The standard InChI is InChI=1S/C9H14F3NO2S/c1-2-3-4-5-16(14,15)7-8(6-13)9(10,11)12/h8H,2-5,7H2,1H3. The van der Waals surface area contributed by atoms with Crippen molar-refractivity contribution in [2.24, 2.45) is 5.92 Å². The molecule has 0 spiro atoms. The molecule has 0 aromatic rings. The molecular formula is C9H14F3NO2S. The molecule has 0 bridgehead atoms. The summed E-state index contributed by atoms with van der Waals surface area (Å²) < 4.78 is 59.0. The highest BCUT2D eigenvalue weighted by atomic mass is 32.2. The predicted octanol–water partition coefficient (Wildman–Crippen LogP) is 2.29. The topological polar surface area (TPSA) is 57.9 Å². The van der Waals surface area contributed by atoms with Crippen LogP contribution in [0.4, 0.5) is 13.2 Å². The average Bonchev–Trinajstić information content (AvgIpc) is 2.12. The zero-order valence-corrected chi connectivity index (χ0v) is 9.74. The fourth-order valence-corrected chi connectivity index (χ4v) is 2.70. The van der Waals surface area contributed by atoms with Gasteiger partial charge in [-0.3, -0.25) is 0 Å². The zero-order valence-electron chi connectivity index (χ0n) is 8.92. The van der Waals surface area contributed by atoms with Gasteiger partial charge in [0, 0.05) is 0 Å². The van der Waals surface area contributed by atoms with E-state index in [1.54, 1.807) is 0 Å². The quantitative estimate of drug-likeness (QED) is 0.686. The molecule has 0 aliphatic heterocycles. The first-order valence-electron chi connectivity index (χ1n) is 4.89. The van der Waals surface area contributed by atoms with E-state index in [-0.39, 0.29) is 5.75 Å². The van der Waals surface area contributed by atoms with Crippen molar-refractivity contribution in [2.45, 2.75) is 32.4 Å². The van der Waals surface area contributed by atoms with E-state index in [4.69, 9.17) is 5.26 Å². The number of nitriles is 1. The van der Waals surface area contributed by atoms with Crippen LogP contribution in [-0.2, 0) is 9.84 Å². The minimum absolute atomic E-state index is 0.283. The van der Waals surface area contributed by atoms with Crippen molar-refractivity contribution < 1.29 is 21.6 Å². The van der Waals surface area contributed by atoms with Gasteiger partial charge >= 0.3 is 6.18 Å². The maximum atomic E-state index is 12.2. The normalized spacial score (nSPS) is 14.4. The van der Waals surface area contributed by atoms with Gasteiger partial charge in [-0.2, -0.15) is 18.4 Å². The van der Waals surface area contributed by atoms with Crippen molar-refractivity contribution in [2.75, 3.05) is 11.5 Å². The minimum Gasteiger partial charge on any atom is -0.229 e. The number of nitrogens with zero attached hydrogens (tertiary/aromatic N) is 1. The van der Waals surface area contributed by atoms with Gasteiger partial charge in [0.15, 0.2) is 15.8 Å². The molecule has 0 fully saturated rings. The SMILES string of the molecule is CCCCCS(=O)(=O)CC(C#N)C(F)(F)F. The highest BCUT2D eigenvalue weighted by molar-refractivity contribution is 7.91. The predicted molar refractivity (Wildman–Crippen MR) is 53.3 cm³/mol. The van der Waals surface area contributed by atoms with Gasteiger partial charge in [0.25, 0.3) is 0 Å². The summed E-state index contributed by atoms with van der Waals surface area (Å²) in [5.41, 5.74) is 0. The minimum atomic E-state index is -4.77. The molecule has 0 aliphatic rings. The van der Waals surface area contributed by atoms with Crippen LogP contribution < -0.4 is 0 Å². The van der Waals surface area contributed by atoms with Gasteiger partial charge < -0.3 is 0 Å². The summed E-state index contributed by atoms with van der Waals surface area (Å²) in [4.78, 5) is 0. The molecule has 0 amide bonds. The number of rotatable bonds is 6. The molecule has 94 valence electrons. The summed E-state index contributed by atoms with van der Waals surface area (Å²) in [6, 6.07) is 0.984. The summed E-state index contributed by atoms with van der Waals surface area (Å²) in [6.07, 6.45) is -2.99. The first-order chi connectivity index (χ1) is 7.23. The van der Waals surface area contributed by atoms with Gasteiger partial charge in [-0.05, 0) is 6.42 Å². The van der Waals surface area contributed by atoms with Crippen LogP contribution in [-0.4, -0.2) is 26.1 Å². The molecule has 0 radical (unpaired) electrons. The van der Waals surface area contributed by atoms with E-state index in [1.165, 1.54) is 0 Å². The van der Waals surface area contributed by atoms with Gasteiger partial charge in [0.2, 0.25) is 0 Å². The van der Waals surface area contributed by atoms with E-state index >= 15 is 0 Å². The van der Waals surface area contributed by atoms with Crippen molar-refractivity contribution in [3.05, 3.63) is 0 Å². The smallest absolute Gasteiger partial charge is 0.229 e. The number of alkyl halides is 3. The summed E-state index contributed by atoms with van der Waals surface area (Å²) in [7, 11) is -3.79. The third-order valence-electron chi connectivity index (χ3n) is 2.03. The van der Waals surface area contributed by atoms with Crippen LogP contribution in [0, 0.1) is 17.2 Å². The summed E-state index contributed by atoms with van der Waals surface area (Å²) in [5.74, 6) is -3.83. The monoisotopic (exact) mass is 257 g/mol. The van der Waals surface area contributed by atoms with E-state index in [1.807, 2.05) is 6.92 Å². The van der Waals surface area contributed by atoms with Crippen LogP contribution in [0.3, 0.4) is 0 Å². The van der Waals surface area contributed by atoms with Crippen LogP contribution in [0.5, 0.6) is 0 Å². The number of hydrogen-bond acceptors (Lipinski definition) is 3. The Bertz CT molecular complexity index is 343. The molecule has 0 aliphatic carbocycles. The van der Waals surface area contributed by atoms with Crippen LogP contribution in [0.15, 0.2) is 0 Å². The first kappa shape index (κ1) is 15.2. The Hall–Kier alpha value is -0.770. The molecule has 0 aromatic heterocycles. The maximum Gasteiger partial charge on any atom is 0.405 e. The van der Waals surface area contributed by atoms with Crippen molar-refractivity contribution in [1.82, 2.24) is 0 Å². The lowest BCUT2D eigenvalue weighted by atomic mass is 10.2. The van der Waals surface area contributed by atoms with Crippen LogP contribution in [0.2, 0.25) is 0 Å². The first-order valence-corrected chi connectivity index (χ1v) is 6.72. The maximum absolute atomic E-state index is 12.2. The highest BCUT2D eigenvalue weighted by Gasteiger charge is 2.42. The lowest BCUT2D eigenvalue weighted by Crippen LogP contribution is -2.29. The second-order valence-corrected chi connectivity index (χ2v) is 5.77. The fourth-order valence-electron chi connectivity index (χ4n) is 1.11. The summed E-state index contributed by atoms with van der Waals surface area (Å²) in [5, 5.41) is 8.26. The lowest BCUT2D eigenvalue weighted by Gasteiger charge is -2.13. The van der Waals surface area contributed by atoms with Gasteiger partial charge in [-0.25, -0.2) is 8.42 Å². The Morgan fingerprint density at radius 3 is 2.25 bits per heavy atom. The van der Waals surface area contributed by atoms with Gasteiger partial charge in [0.05, 0.1) is 17.6 Å². The van der Waals surface area contributed by atoms with Gasteiger partial charge in [-0.15, -0.1) is 0 Å². The Morgan fingerprint density at radius 2 is 1.88 bits per heavy atom. The van der Waals surface area contributed by atoms with Crippen molar-refractivity contribution in [1.29, 1.82) is 5.26 Å². The van der Waals surface area contributed by atoms with Crippen molar-refractivity contribution in [3.8, 4) is 6.07 Å². The Kier molecular flexibility index (Phi) is 5.79. The van der Waals surface area contributed by atoms with E-state index in [0.717, 1.165) is 12.5 Å². The zero-order chi connectivity index (χ0) is 12.8. The van der Waals surface area contributed by atoms with Crippen molar-refractivity contribution in [3.63, 3.8) is 0 Å². The Labute approximate surface area is 93.2 Å². The largest absolute Gasteiger partial charge is 0.405 e. The Morgan fingerprint density at radius 1 is 1.31 bits per heavy atom. The molecule has 0 aromatic carbocycles. The van der Waals surface area contributed by atoms with E-state index in [0.29, 0.717) is 12.8 Å². The number of hydrogen-bond donors (Lipinski definition) is 0. The van der Waals surface area contributed by atoms with Crippen molar-refractivity contribution >= 4 is 9.84 Å².